The van der Waals surface area contributed by atoms with Crippen molar-refractivity contribution >= 4 is 52.6 Å². The summed E-state index contributed by atoms with van der Waals surface area (Å²) < 4.78 is 0. The molecule has 0 bridgehead atoms. The van der Waals surface area contributed by atoms with E-state index < -0.39 is 0 Å². The number of hydrogen-bond donors (Lipinski definition) is 1. The van der Waals surface area contributed by atoms with Crippen LogP contribution in [0, 0.1) is 0 Å². The number of nitrogens with one attached hydrogen (secondary N) is 1. The molecule has 4 rings (SSSR count). The van der Waals surface area contributed by atoms with Crippen LogP contribution >= 0.6 is 23.2 Å². The summed E-state index contributed by atoms with van der Waals surface area (Å²) in [6, 6.07) is 18.3. The van der Waals surface area contributed by atoms with Gasteiger partial charge in [0.1, 0.15) is 5.82 Å². The van der Waals surface area contributed by atoms with Crippen molar-refractivity contribution in [3.63, 3.8) is 0 Å². The lowest BCUT2D eigenvalue weighted by Crippen LogP contribution is -2.35. The van der Waals surface area contributed by atoms with Crippen molar-refractivity contribution in [2.75, 3.05) is 36.4 Å². The maximum absolute atomic E-state index is 12.9. The molecule has 0 aliphatic carbocycles. The smallest absolute Gasteiger partial charge is 0.255 e. The quantitative estimate of drug-likeness (QED) is 0.482. The van der Waals surface area contributed by atoms with Crippen LogP contribution in [0.1, 0.15) is 22.3 Å². The van der Waals surface area contributed by atoms with Crippen LogP contribution in [-0.4, -0.2) is 47.9 Å². The minimum absolute atomic E-state index is 0.0990. The van der Waals surface area contributed by atoms with Gasteiger partial charge < -0.3 is 15.1 Å². The Balaban J connectivity index is 1.33. The Morgan fingerprint density at radius 1 is 0.941 bits per heavy atom. The first-order valence-electron chi connectivity index (χ1n) is 11.0. The highest BCUT2D eigenvalue weighted by molar-refractivity contribution is 6.36. The number of carbonyl (C=O) groups excluding carboxylic acids is 2. The van der Waals surface area contributed by atoms with Crippen LogP contribution in [0.4, 0.5) is 11.5 Å². The van der Waals surface area contributed by atoms with E-state index in [1.165, 1.54) is 6.08 Å². The van der Waals surface area contributed by atoms with E-state index in [9.17, 15) is 9.59 Å². The number of nitrogens with zero attached hydrogens (tertiary/aromatic N) is 3. The van der Waals surface area contributed by atoms with Crippen LogP contribution < -0.4 is 10.2 Å². The molecule has 0 atom stereocenters. The van der Waals surface area contributed by atoms with Crippen LogP contribution in [0.5, 0.6) is 0 Å². The number of aromatic nitrogens is 1. The largest absolute Gasteiger partial charge is 0.355 e. The first-order chi connectivity index (χ1) is 16.5. The first kappa shape index (κ1) is 23.8. The Hall–Kier alpha value is -3.35. The van der Waals surface area contributed by atoms with Crippen LogP contribution in [-0.2, 0) is 4.79 Å². The predicted molar refractivity (Wildman–Crippen MR) is 138 cm³/mol. The summed E-state index contributed by atoms with van der Waals surface area (Å²) in [5.41, 5.74) is 2.03. The van der Waals surface area contributed by atoms with Crippen molar-refractivity contribution in [2.45, 2.75) is 6.42 Å². The van der Waals surface area contributed by atoms with Crippen LogP contribution in [0.15, 0.2) is 72.9 Å². The second kappa shape index (κ2) is 11.2. The predicted octanol–water partition coefficient (Wildman–Crippen LogP) is 5.39. The molecule has 1 fully saturated rings. The summed E-state index contributed by atoms with van der Waals surface area (Å²) in [4.78, 5) is 33.6. The topological polar surface area (TPSA) is 65.5 Å². The van der Waals surface area contributed by atoms with Crippen molar-refractivity contribution in [3.05, 3.63) is 94.1 Å². The number of rotatable bonds is 5. The second-order valence-corrected chi connectivity index (χ2v) is 8.74. The van der Waals surface area contributed by atoms with E-state index in [2.05, 4.69) is 15.2 Å². The Labute approximate surface area is 208 Å². The SMILES string of the molecule is O=C(/C=C/c1ccccc1)Nc1ccc(N2CCCN(C(=O)c3ccc(Cl)cc3Cl)CC2)nc1. The number of pyridine rings is 1. The fraction of sp³-hybridized carbons (Fsp3) is 0.192. The molecule has 2 amide bonds. The average molecular weight is 495 g/mol. The number of anilines is 2. The van der Waals surface area contributed by atoms with Gasteiger partial charge in [-0.25, -0.2) is 4.98 Å². The molecule has 0 unspecified atom stereocenters. The van der Waals surface area contributed by atoms with E-state index in [0.717, 1.165) is 24.3 Å². The van der Waals surface area contributed by atoms with E-state index in [4.69, 9.17) is 23.2 Å². The van der Waals surface area contributed by atoms with Crippen LogP contribution in [0.3, 0.4) is 0 Å². The molecular formula is C26H24Cl2N4O2. The number of amides is 2. The van der Waals surface area contributed by atoms with E-state index in [0.29, 0.717) is 40.9 Å². The molecule has 34 heavy (non-hydrogen) atoms. The molecule has 1 saturated heterocycles. The molecule has 1 aromatic heterocycles. The lowest BCUT2D eigenvalue weighted by Gasteiger charge is -2.23. The molecule has 3 aromatic rings. The third-order valence-electron chi connectivity index (χ3n) is 5.51. The minimum Gasteiger partial charge on any atom is -0.355 e. The number of halogens is 2. The molecule has 2 aromatic carbocycles. The summed E-state index contributed by atoms with van der Waals surface area (Å²) in [5.74, 6) is 0.484. The maximum atomic E-state index is 12.9. The first-order valence-corrected chi connectivity index (χ1v) is 11.7. The van der Waals surface area contributed by atoms with Gasteiger partial charge >= 0.3 is 0 Å². The van der Waals surface area contributed by atoms with Gasteiger partial charge in [0, 0.05) is 37.3 Å². The van der Waals surface area contributed by atoms with Crippen molar-refractivity contribution in [1.29, 1.82) is 0 Å². The molecule has 0 radical (unpaired) electrons. The third-order valence-corrected chi connectivity index (χ3v) is 6.06. The highest BCUT2D eigenvalue weighted by Crippen LogP contribution is 2.23. The second-order valence-electron chi connectivity index (χ2n) is 7.90. The minimum atomic E-state index is -0.219. The summed E-state index contributed by atoms with van der Waals surface area (Å²) in [6.07, 6.45) is 5.71. The molecule has 8 heteroatoms. The maximum Gasteiger partial charge on any atom is 0.255 e. The Bertz CT molecular complexity index is 1180. The summed E-state index contributed by atoms with van der Waals surface area (Å²) in [7, 11) is 0. The fourth-order valence-corrected chi connectivity index (χ4v) is 4.24. The fourth-order valence-electron chi connectivity index (χ4n) is 3.75. The van der Waals surface area contributed by atoms with E-state index >= 15 is 0 Å². The molecule has 0 spiro atoms. The van der Waals surface area contributed by atoms with E-state index in [1.54, 1.807) is 30.5 Å². The highest BCUT2D eigenvalue weighted by atomic mass is 35.5. The van der Waals surface area contributed by atoms with Crippen LogP contribution in [0.2, 0.25) is 10.0 Å². The van der Waals surface area contributed by atoms with Crippen molar-refractivity contribution in [3.8, 4) is 0 Å². The molecule has 1 aliphatic rings. The number of carbonyl (C=O) groups is 2. The van der Waals surface area contributed by atoms with Gasteiger partial charge in [-0.15, -0.1) is 0 Å². The van der Waals surface area contributed by atoms with E-state index in [1.807, 2.05) is 47.4 Å². The van der Waals surface area contributed by atoms with Crippen molar-refractivity contribution < 1.29 is 9.59 Å². The molecular weight excluding hydrogens is 471 g/mol. The van der Waals surface area contributed by atoms with Gasteiger partial charge in [0.2, 0.25) is 5.91 Å². The van der Waals surface area contributed by atoms with Gasteiger partial charge in [0.25, 0.3) is 5.91 Å². The van der Waals surface area contributed by atoms with Gasteiger partial charge in [-0.05, 0) is 48.4 Å². The van der Waals surface area contributed by atoms with Gasteiger partial charge in [-0.3, -0.25) is 9.59 Å². The summed E-state index contributed by atoms with van der Waals surface area (Å²) in [5, 5.41) is 3.68. The molecule has 1 aliphatic heterocycles. The summed E-state index contributed by atoms with van der Waals surface area (Å²) in [6.45, 7) is 2.62. The number of benzene rings is 2. The Morgan fingerprint density at radius 2 is 1.76 bits per heavy atom. The van der Waals surface area contributed by atoms with Crippen molar-refractivity contribution in [2.24, 2.45) is 0 Å². The van der Waals surface area contributed by atoms with Gasteiger partial charge in [0.15, 0.2) is 0 Å². The van der Waals surface area contributed by atoms with E-state index in [-0.39, 0.29) is 11.8 Å². The standard InChI is InChI=1S/C26H24Cl2N4O2/c27-20-8-10-22(23(28)17-20)26(34)32-14-4-13-31(15-16-32)24-11-9-21(18-29-24)30-25(33)12-7-19-5-2-1-3-6-19/h1-3,5-12,17-18H,4,13-16H2,(H,30,33)/b12-7+. The average Bonchev–Trinajstić information content (AvgIpc) is 3.10. The zero-order valence-electron chi connectivity index (χ0n) is 18.5. The van der Waals surface area contributed by atoms with Gasteiger partial charge in [-0.2, -0.15) is 0 Å². The summed E-state index contributed by atoms with van der Waals surface area (Å²) >= 11 is 12.2. The molecule has 6 nitrogen and oxygen atoms in total. The van der Waals surface area contributed by atoms with Gasteiger partial charge in [0.05, 0.1) is 22.5 Å². The lowest BCUT2D eigenvalue weighted by molar-refractivity contribution is -0.111. The lowest BCUT2D eigenvalue weighted by atomic mass is 10.2. The Morgan fingerprint density at radius 3 is 2.50 bits per heavy atom. The molecule has 2 heterocycles. The van der Waals surface area contributed by atoms with Gasteiger partial charge in [-0.1, -0.05) is 53.5 Å². The third kappa shape index (κ3) is 6.16. The highest BCUT2D eigenvalue weighted by Gasteiger charge is 2.22. The molecule has 174 valence electrons. The molecule has 1 N–H and O–H groups in total. The van der Waals surface area contributed by atoms with Crippen LogP contribution in [0.25, 0.3) is 6.08 Å². The van der Waals surface area contributed by atoms with Crippen molar-refractivity contribution in [1.82, 2.24) is 9.88 Å². The monoisotopic (exact) mass is 494 g/mol. The Kier molecular flexibility index (Phi) is 7.83. The number of hydrogen-bond acceptors (Lipinski definition) is 4. The normalized spacial score (nSPS) is 14.2. The molecule has 0 saturated carbocycles. The zero-order valence-corrected chi connectivity index (χ0v) is 20.0. The zero-order chi connectivity index (χ0) is 23.9.